The Bertz CT molecular complexity index is 1990. The largest absolute Gasteiger partial charge is 0.471 e. The highest BCUT2D eigenvalue weighted by molar-refractivity contribution is 7.92. The van der Waals surface area contributed by atoms with Crippen LogP contribution < -0.4 is 10.6 Å². The molecule has 1 atom stereocenters. The second-order valence-corrected chi connectivity index (χ2v) is 15.0. The number of halogens is 4. The van der Waals surface area contributed by atoms with Crippen molar-refractivity contribution < 1.29 is 48.2 Å². The van der Waals surface area contributed by atoms with Gasteiger partial charge in [-0.1, -0.05) is 34.6 Å². The van der Waals surface area contributed by atoms with Gasteiger partial charge in [0.1, 0.15) is 10.6 Å². The van der Waals surface area contributed by atoms with Crippen LogP contribution in [-0.2, 0) is 41.9 Å². The molecular formula is C25H22F4N6O7S2. The van der Waals surface area contributed by atoms with Gasteiger partial charge >= 0.3 is 12.1 Å². The first-order chi connectivity index (χ1) is 20.3. The number of nitrogens with two attached hydrogens (primary N) is 1. The summed E-state index contributed by atoms with van der Waals surface area (Å²) >= 11 is 0. The Morgan fingerprint density at radius 1 is 1.02 bits per heavy atom. The van der Waals surface area contributed by atoms with E-state index in [0.29, 0.717) is 11.6 Å². The third kappa shape index (κ3) is 5.57. The number of carbonyl (C=O) groups is 1. The van der Waals surface area contributed by atoms with Gasteiger partial charge in [-0.3, -0.25) is 4.79 Å². The minimum absolute atomic E-state index is 0.157. The van der Waals surface area contributed by atoms with E-state index in [4.69, 9.17) is 10.3 Å². The van der Waals surface area contributed by atoms with Crippen LogP contribution in [0.4, 0.5) is 23.2 Å². The van der Waals surface area contributed by atoms with Gasteiger partial charge in [-0.25, -0.2) is 21.2 Å². The van der Waals surface area contributed by atoms with Gasteiger partial charge in [-0.05, 0) is 31.5 Å². The van der Waals surface area contributed by atoms with Crippen LogP contribution in [0.15, 0.2) is 50.3 Å². The molecule has 1 aliphatic heterocycles. The monoisotopic (exact) mass is 658 g/mol. The van der Waals surface area contributed by atoms with Crippen molar-refractivity contribution in [2.24, 2.45) is 5.73 Å². The van der Waals surface area contributed by atoms with Gasteiger partial charge in [0.2, 0.25) is 23.4 Å². The van der Waals surface area contributed by atoms with Gasteiger partial charge < -0.3 is 19.7 Å². The fourth-order valence-corrected chi connectivity index (χ4v) is 6.15. The number of hydrogen-bond acceptors (Lipinski definition) is 12. The van der Waals surface area contributed by atoms with Gasteiger partial charge in [0.05, 0.1) is 34.5 Å². The van der Waals surface area contributed by atoms with E-state index in [9.17, 15) is 34.8 Å². The fourth-order valence-electron chi connectivity index (χ4n) is 4.19. The summed E-state index contributed by atoms with van der Waals surface area (Å²) in [4.78, 5) is 21.2. The van der Waals surface area contributed by atoms with E-state index < -0.39 is 70.7 Å². The molecule has 0 radical (unpaired) electrons. The van der Waals surface area contributed by atoms with Crippen LogP contribution in [0.3, 0.4) is 0 Å². The van der Waals surface area contributed by atoms with Crippen LogP contribution in [-0.4, -0.2) is 61.1 Å². The molecule has 0 saturated heterocycles. The molecule has 0 aliphatic carbocycles. The Labute approximate surface area is 246 Å². The normalized spacial score (nSPS) is 17.4. The smallest absolute Gasteiger partial charge is 0.337 e. The van der Waals surface area contributed by atoms with Gasteiger partial charge in [0.25, 0.3) is 0 Å². The number of anilines is 1. The maximum absolute atomic E-state index is 15.4. The van der Waals surface area contributed by atoms with Crippen molar-refractivity contribution in [3.05, 3.63) is 59.6 Å². The summed E-state index contributed by atoms with van der Waals surface area (Å²) in [7, 11) is -8.04. The molecule has 13 nitrogen and oxygen atoms in total. The number of sulfone groups is 2. The van der Waals surface area contributed by atoms with Crippen molar-refractivity contribution in [2.75, 3.05) is 16.9 Å². The number of fused-ring (bicyclic) bond motifs is 1. The summed E-state index contributed by atoms with van der Waals surface area (Å²) < 4.78 is 112. The molecule has 2 aromatic carbocycles. The van der Waals surface area contributed by atoms with Gasteiger partial charge in [0.15, 0.2) is 19.7 Å². The van der Waals surface area contributed by atoms with Crippen molar-refractivity contribution in [3.63, 3.8) is 0 Å². The van der Waals surface area contributed by atoms with Gasteiger partial charge in [-0.2, -0.15) is 23.1 Å². The summed E-state index contributed by atoms with van der Waals surface area (Å²) in [5.41, 5.74) is 5.80. The van der Waals surface area contributed by atoms with Gasteiger partial charge in [-0.15, -0.1) is 0 Å². The van der Waals surface area contributed by atoms with Crippen LogP contribution in [0, 0.1) is 5.82 Å². The Hall–Kier alpha value is -4.23. The lowest BCUT2D eigenvalue weighted by atomic mass is 10.1. The molecule has 4 aromatic rings. The molecule has 234 valence electrons. The number of amides is 1. The van der Waals surface area contributed by atoms with Crippen LogP contribution in [0.2, 0.25) is 0 Å². The molecule has 0 unspecified atom stereocenters. The van der Waals surface area contributed by atoms with Crippen molar-refractivity contribution in [3.8, 4) is 22.8 Å². The molecule has 1 aliphatic rings. The Balaban J connectivity index is 1.56. The van der Waals surface area contributed by atoms with Crippen molar-refractivity contribution in [2.45, 2.75) is 42.3 Å². The standard InChI is InChI=1S/C25H22F4N6O7S2/c1-24(2,43(3,37)38)22-32-20(34-41-22)14-8-17-18(9-15(14)26)44(39,40)11-16(30)21(36)35(17)10-12-4-6-13(7-5-12)19-31-23(42-33-19)25(27,28)29/h4-9,16H,10-11,30H2,1-3H3/t16-/m0/s1. The second kappa shape index (κ2) is 10.4. The molecule has 3 heterocycles. The number of benzene rings is 2. The molecule has 0 spiro atoms. The number of hydrogen-bond donors (Lipinski definition) is 1. The molecule has 44 heavy (non-hydrogen) atoms. The average Bonchev–Trinajstić information content (AvgIpc) is 3.61. The predicted octanol–water partition coefficient (Wildman–Crippen LogP) is 2.87. The first-order valence-electron chi connectivity index (χ1n) is 12.5. The summed E-state index contributed by atoms with van der Waals surface area (Å²) in [5, 5.41) is 6.99. The van der Waals surface area contributed by atoms with Crippen LogP contribution >= 0.6 is 0 Å². The number of aromatic nitrogens is 4. The number of rotatable bonds is 6. The zero-order chi connectivity index (χ0) is 32.4. The first kappa shape index (κ1) is 31.2. The number of alkyl halides is 3. The Morgan fingerprint density at radius 3 is 2.20 bits per heavy atom. The zero-order valence-corrected chi connectivity index (χ0v) is 24.6. The highest BCUT2D eigenvalue weighted by atomic mass is 32.2. The summed E-state index contributed by atoms with van der Waals surface area (Å²) in [6, 6.07) is 5.77. The van der Waals surface area contributed by atoms with Crippen molar-refractivity contribution in [1.29, 1.82) is 0 Å². The second-order valence-electron chi connectivity index (χ2n) is 10.4. The molecule has 2 aromatic heterocycles. The number of nitrogens with zero attached hydrogens (tertiary/aromatic N) is 5. The van der Waals surface area contributed by atoms with E-state index in [2.05, 4.69) is 24.8 Å². The lowest BCUT2D eigenvalue weighted by Crippen LogP contribution is -2.45. The van der Waals surface area contributed by atoms with E-state index in [1.165, 1.54) is 38.1 Å². The summed E-state index contributed by atoms with van der Waals surface area (Å²) in [6.07, 6.45) is -3.89. The molecule has 19 heteroatoms. The minimum Gasteiger partial charge on any atom is -0.337 e. The maximum atomic E-state index is 15.4. The third-order valence-corrected chi connectivity index (χ3v) is 10.8. The quantitative estimate of drug-likeness (QED) is 0.298. The molecule has 0 fully saturated rings. The number of carbonyl (C=O) groups excluding carboxylic acids is 1. The molecule has 1 amide bonds. The first-order valence-corrected chi connectivity index (χ1v) is 16.0. The van der Waals surface area contributed by atoms with E-state index in [1.807, 2.05) is 0 Å². The Kier molecular flexibility index (Phi) is 7.41. The zero-order valence-electron chi connectivity index (χ0n) is 23.0. The fraction of sp³-hybridized carbons (Fsp3) is 0.320. The molecule has 0 saturated carbocycles. The van der Waals surface area contributed by atoms with Crippen LogP contribution in [0.25, 0.3) is 22.8 Å². The lowest BCUT2D eigenvalue weighted by molar-refractivity contribution is -0.159. The van der Waals surface area contributed by atoms with E-state index in [-0.39, 0.29) is 35.1 Å². The molecular weight excluding hydrogens is 636 g/mol. The van der Waals surface area contributed by atoms with Crippen molar-refractivity contribution in [1.82, 2.24) is 20.3 Å². The topological polar surface area (TPSA) is 192 Å². The van der Waals surface area contributed by atoms with Gasteiger partial charge in [0, 0.05) is 11.8 Å². The maximum Gasteiger partial charge on any atom is 0.471 e. The minimum atomic E-state index is -4.84. The van der Waals surface area contributed by atoms with Crippen LogP contribution in [0.5, 0.6) is 0 Å². The molecule has 5 rings (SSSR count). The highest BCUT2D eigenvalue weighted by Crippen LogP contribution is 2.38. The Morgan fingerprint density at radius 2 is 1.61 bits per heavy atom. The van der Waals surface area contributed by atoms with E-state index >= 15 is 4.39 Å². The molecule has 0 bridgehead atoms. The average molecular weight is 659 g/mol. The summed E-state index contributed by atoms with van der Waals surface area (Å²) in [6.45, 7) is 2.32. The van der Waals surface area contributed by atoms with E-state index in [0.717, 1.165) is 17.2 Å². The third-order valence-electron chi connectivity index (χ3n) is 6.99. The molecule has 2 N–H and O–H groups in total. The summed E-state index contributed by atoms with van der Waals surface area (Å²) in [5.74, 6) is -5.37. The van der Waals surface area contributed by atoms with E-state index in [1.54, 1.807) is 0 Å². The SMILES string of the molecule is CC(C)(c1nc(-c2cc3c(cc2F)S(=O)(=O)C[C@H](N)C(=O)N3Cc2ccc(-c3noc(C(F)(F)F)n3)cc2)no1)S(C)(=O)=O. The van der Waals surface area contributed by atoms with Crippen LogP contribution in [0.1, 0.15) is 31.2 Å². The highest BCUT2D eigenvalue weighted by Gasteiger charge is 2.41. The lowest BCUT2D eigenvalue weighted by Gasteiger charge is -2.24. The van der Waals surface area contributed by atoms with Crippen molar-refractivity contribution >= 4 is 31.3 Å². The predicted molar refractivity (Wildman–Crippen MR) is 144 cm³/mol.